The predicted octanol–water partition coefficient (Wildman–Crippen LogP) is 7.62. The molecule has 0 aliphatic carbocycles. The van der Waals surface area contributed by atoms with E-state index in [1.807, 2.05) is 0 Å². The second-order valence-electron chi connectivity index (χ2n) is 8.70. The van der Waals surface area contributed by atoms with Gasteiger partial charge in [-0.1, -0.05) is 42.8 Å². The van der Waals surface area contributed by atoms with E-state index in [4.69, 9.17) is 16.7 Å². The molecule has 12 heteroatoms. The summed E-state index contributed by atoms with van der Waals surface area (Å²) < 4.78 is 81.5. The Hall–Kier alpha value is -3.73. The minimum Gasteiger partial charge on any atom is -0.481 e. The number of nitrogens with one attached hydrogen (secondary N) is 2. The summed E-state index contributed by atoms with van der Waals surface area (Å²) in [6, 6.07) is 9.98. The number of aliphatic carboxylic acids is 1. The highest BCUT2D eigenvalue weighted by Gasteiger charge is 2.34. The molecule has 0 saturated carbocycles. The van der Waals surface area contributed by atoms with Crippen molar-refractivity contribution in [1.82, 2.24) is 10.6 Å². The molecule has 0 aliphatic rings. The summed E-state index contributed by atoms with van der Waals surface area (Å²) in [6.07, 6.45) is -10.2. The van der Waals surface area contributed by atoms with Crippen LogP contribution in [0.25, 0.3) is 11.1 Å². The Balaban J connectivity index is 2.03. The second kappa shape index (κ2) is 12.0. The number of halogens is 7. The van der Waals surface area contributed by atoms with Crippen molar-refractivity contribution in [2.75, 3.05) is 0 Å². The molecule has 208 valence electrons. The van der Waals surface area contributed by atoms with Gasteiger partial charge in [-0.25, -0.2) is 4.79 Å². The number of hydrogen-bond donors (Lipinski definition) is 3. The third kappa shape index (κ3) is 8.13. The first kappa shape index (κ1) is 29.8. The molecular formula is C27H23ClF6N2O3. The maximum atomic E-state index is 13.6. The lowest BCUT2D eigenvalue weighted by Crippen LogP contribution is -2.37. The van der Waals surface area contributed by atoms with E-state index in [1.165, 1.54) is 6.07 Å². The van der Waals surface area contributed by atoms with Gasteiger partial charge in [0, 0.05) is 11.6 Å². The average molecular weight is 573 g/mol. The van der Waals surface area contributed by atoms with Crippen LogP contribution < -0.4 is 10.6 Å². The predicted molar refractivity (Wildman–Crippen MR) is 133 cm³/mol. The van der Waals surface area contributed by atoms with Gasteiger partial charge < -0.3 is 15.7 Å². The van der Waals surface area contributed by atoms with Crippen LogP contribution in [-0.4, -0.2) is 17.1 Å². The normalized spacial score (nSPS) is 12.6. The molecule has 39 heavy (non-hydrogen) atoms. The molecule has 0 saturated heterocycles. The number of hydrogen-bond acceptors (Lipinski definition) is 2. The molecule has 2 amide bonds. The van der Waals surface area contributed by atoms with E-state index in [0.717, 1.165) is 24.3 Å². The van der Waals surface area contributed by atoms with Crippen LogP contribution in [0.3, 0.4) is 0 Å². The Bertz CT molecular complexity index is 1340. The fourth-order valence-electron chi connectivity index (χ4n) is 3.97. The summed E-state index contributed by atoms with van der Waals surface area (Å²) in [5.74, 6) is -1.38. The van der Waals surface area contributed by atoms with Gasteiger partial charge in [-0.3, -0.25) is 4.79 Å². The molecule has 0 bridgehead atoms. The van der Waals surface area contributed by atoms with Crippen molar-refractivity contribution in [3.8, 4) is 11.1 Å². The van der Waals surface area contributed by atoms with E-state index in [2.05, 4.69) is 10.6 Å². The number of carbonyl (C=O) groups excluding carboxylic acids is 1. The molecule has 0 aromatic heterocycles. The Kier molecular flexibility index (Phi) is 9.16. The smallest absolute Gasteiger partial charge is 0.416 e. The number of carboxylic acids is 1. The summed E-state index contributed by atoms with van der Waals surface area (Å²) in [6.45, 7) is 1.68. The van der Waals surface area contributed by atoms with E-state index in [9.17, 15) is 35.9 Å². The summed E-state index contributed by atoms with van der Waals surface area (Å²) in [7, 11) is 0. The zero-order chi connectivity index (χ0) is 29.0. The van der Waals surface area contributed by atoms with Crippen molar-refractivity contribution in [3.63, 3.8) is 0 Å². The molecule has 0 radical (unpaired) electrons. The Morgan fingerprint density at radius 3 is 2.08 bits per heavy atom. The van der Waals surface area contributed by atoms with E-state index in [0.29, 0.717) is 16.7 Å². The van der Waals surface area contributed by atoms with Crippen LogP contribution in [0, 0.1) is 0 Å². The van der Waals surface area contributed by atoms with Crippen LogP contribution >= 0.6 is 11.6 Å². The molecule has 0 aliphatic heterocycles. The first-order valence-electron chi connectivity index (χ1n) is 11.6. The summed E-state index contributed by atoms with van der Waals surface area (Å²) in [5, 5.41) is 14.8. The highest BCUT2D eigenvalue weighted by Crippen LogP contribution is 2.39. The van der Waals surface area contributed by atoms with Crippen LogP contribution in [0.1, 0.15) is 47.2 Å². The maximum absolute atomic E-state index is 13.6. The standard InChI is InChI=1S/C27H23ClF6N2O3/c1-2-23(36-25(39)35-14-15-3-6-20(28)7-4-15)22-13-18(26(29,30)31)5-8-21(22)17-9-16(11-24(37)38)10-19(12-17)27(32,33)34/h3-10,12-13,23H,2,11,14H2,1H3,(H,37,38)(H2,35,36,39). The van der Waals surface area contributed by atoms with Crippen molar-refractivity contribution >= 4 is 23.6 Å². The third-order valence-electron chi connectivity index (χ3n) is 5.82. The van der Waals surface area contributed by atoms with Gasteiger partial charge in [-0.05, 0) is 70.6 Å². The first-order chi connectivity index (χ1) is 18.2. The number of carbonyl (C=O) groups is 2. The van der Waals surface area contributed by atoms with Crippen molar-refractivity contribution in [1.29, 1.82) is 0 Å². The van der Waals surface area contributed by atoms with Gasteiger partial charge in [-0.2, -0.15) is 26.3 Å². The van der Waals surface area contributed by atoms with Gasteiger partial charge in [0.25, 0.3) is 0 Å². The quantitative estimate of drug-likeness (QED) is 0.243. The van der Waals surface area contributed by atoms with Crippen LogP contribution in [-0.2, 0) is 30.1 Å². The number of benzene rings is 3. The van der Waals surface area contributed by atoms with Gasteiger partial charge >= 0.3 is 24.4 Å². The molecule has 5 nitrogen and oxygen atoms in total. The fraction of sp³-hybridized carbons (Fsp3) is 0.259. The van der Waals surface area contributed by atoms with Gasteiger partial charge in [0.15, 0.2) is 0 Å². The Morgan fingerprint density at radius 1 is 0.872 bits per heavy atom. The number of alkyl halides is 6. The minimum atomic E-state index is -4.83. The third-order valence-corrected chi connectivity index (χ3v) is 6.07. The molecule has 3 aromatic rings. The van der Waals surface area contributed by atoms with Crippen molar-refractivity contribution in [2.24, 2.45) is 0 Å². The average Bonchev–Trinajstić information content (AvgIpc) is 2.85. The zero-order valence-electron chi connectivity index (χ0n) is 20.4. The van der Waals surface area contributed by atoms with Gasteiger partial charge in [0.1, 0.15) is 0 Å². The number of amides is 2. The van der Waals surface area contributed by atoms with Gasteiger partial charge in [0.05, 0.1) is 23.6 Å². The van der Waals surface area contributed by atoms with E-state index in [-0.39, 0.29) is 35.2 Å². The van der Waals surface area contributed by atoms with Crippen LogP contribution in [0.4, 0.5) is 31.1 Å². The molecule has 3 rings (SSSR count). The van der Waals surface area contributed by atoms with Crippen molar-refractivity contribution < 1.29 is 41.0 Å². The number of carboxylic acid groups (broad SMARTS) is 1. The van der Waals surface area contributed by atoms with Crippen LogP contribution in [0.2, 0.25) is 5.02 Å². The topological polar surface area (TPSA) is 78.4 Å². The summed E-state index contributed by atoms with van der Waals surface area (Å²) >= 11 is 5.84. The first-order valence-corrected chi connectivity index (χ1v) is 12.0. The molecular weight excluding hydrogens is 550 g/mol. The second-order valence-corrected chi connectivity index (χ2v) is 9.14. The summed E-state index contributed by atoms with van der Waals surface area (Å²) in [5.41, 5.74) is -1.89. The van der Waals surface area contributed by atoms with Crippen molar-refractivity contribution in [3.05, 3.63) is 93.5 Å². The summed E-state index contributed by atoms with van der Waals surface area (Å²) in [4.78, 5) is 23.8. The Labute approximate surface area is 224 Å². The lowest BCUT2D eigenvalue weighted by Gasteiger charge is -2.23. The number of rotatable bonds is 8. The fourth-order valence-corrected chi connectivity index (χ4v) is 4.10. The molecule has 0 spiro atoms. The number of urea groups is 1. The highest BCUT2D eigenvalue weighted by molar-refractivity contribution is 6.30. The van der Waals surface area contributed by atoms with Crippen LogP contribution in [0.15, 0.2) is 60.7 Å². The van der Waals surface area contributed by atoms with E-state index < -0.39 is 47.9 Å². The SMILES string of the molecule is CCC(NC(=O)NCc1ccc(Cl)cc1)c1cc(C(F)(F)F)ccc1-c1cc(CC(=O)O)cc(C(F)(F)F)c1. The minimum absolute atomic E-state index is 0.00871. The molecule has 0 heterocycles. The molecule has 3 N–H and O–H groups in total. The van der Waals surface area contributed by atoms with Gasteiger partial charge in [-0.15, -0.1) is 0 Å². The largest absolute Gasteiger partial charge is 0.481 e. The highest BCUT2D eigenvalue weighted by atomic mass is 35.5. The zero-order valence-corrected chi connectivity index (χ0v) is 21.1. The van der Waals surface area contributed by atoms with Crippen molar-refractivity contribution in [2.45, 2.75) is 44.7 Å². The molecule has 1 atom stereocenters. The maximum Gasteiger partial charge on any atom is 0.416 e. The lowest BCUT2D eigenvalue weighted by molar-refractivity contribution is -0.138. The monoisotopic (exact) mass is 572 g/mol. The lowest BCUT2D eigenvalue weighted by atomic mass is 9.89. The van der Waals surface area contributed by atoms with E-state index in [1.54, 1.807) is 31.2 Å². The van der Waals surface area contributed by atoms with Gasteiger partial charge in [0.2, 0.25) is 0 Å². The molecule has 3 aromatic carbocycles. The molecule has 0 fully saturated rings. The van der Waals surface area contributed by atoms with E-state index >= 15 is 0 Å². The Morgan fingerprint density at radius 2 is 1.51 bits per heavy atom. The van der Waals surface area contributed by atoms with Crippen LogP contribution in [0.5, 0.6) is 0 Å². The molecule has 1 unspecified atom stereocenters.